The highest BCUT2D eigenvalue weighted by molar-refractivity contribution is 7.17. The lowest BCUT2D eigenvalue weighted by atomic mass is 10.2. The van der Waals surface area contributed by atoms with Gasteiger partial charge in [-0.2, -0.15) is 0 Å². The third-order valence-corrected chi connectivity index (χ3v) is 5.09. The van der Waals surface area contributed by atoms with E-state index in [4.69, 9.17) is 5.11 Å². The molecule has 1 aromatic carbocycles. The van der Waals surface area contributed by atoms with E-state index in [0.29, 0.717) is 23.4 Å². The third kappa shape index (κ3) is 2.88. The highest BCUT2D eigenvalue weighted by Crippen LogP contribution is 2.22. The molecule has 0 saturated carbocycles. The van der Waals surface area contributed by atoms with Crippen molar-refractivity contribution >= 4 is 38.9 Å². The molecule has 7 heteroatoms. The van der Waals surface area contributed by atoms with Crippen molar-refractivity contribution in [1.82, 2.24) is 8.94 Å². The maximum Gasteiger partial charge on any atom is 0.303 e. The van der Waals surface area contributed by atoms with E-state index >= 15 is 0 Å². The number of aliphatic carboxylic acids is 1. The number of rotatable bonds is 5. The summed E-state index contributed by atoms with van der Waals surface area (Å²) < 4.78 is 2.53. The number of aryl methyl sites for hydroxylation is 1. The molecule has 0 fully saturated rings. The highest BCUT2D eigenvalue weighted by atomic mass is 32.1. The molecule has 0 saturated heterocycles. The first-order valence-corrected chi connectivity index (χ1v) is 8.08. The van der Waals surface area contributed by atoms with Gasteiger partial charge in [0.1, 0.15) is 0 Å². The van der Waals surface area contributed by atoms with Crippen molar-refractivity contribution in [2.24, 2.45) is 0 Å². The van der Waals surface area contributed by atoms with Gasteiger partial charge in [0.05, 0.1) is 15.8 Å². The van der Waals surface area contributed by atoms with E-state index in [1.807, 2.05) is 29.6 Å². The van der Waals surface area contributed by atoms with Crippen molar-refractivity contribution in [1.29, 1.82) is 0 Å². The van der Waals surface area contributed by atoms with Crippen molar-refractivity contribution in [2.75, 3.05) is 0 Å². The van der Waals surface area contributed by atoms with Crippen molar-refractivity contribution in [3.05, 3.63) is 45.7 Å². The summed E-state index contributed by atoms with van der Waals surface area (Å²) in [6, 6.07) is 7.48. The van der Waals surface area contributed by atoms with E-state index < -0.39 is 5.97 Å². The number of carboxylic acids is 1. The Labute approximate surface area is 128 Å². The molecule has 0 radical (unpaired) electrons. The van der Waals surface area contributed by atoms with Gasteiger partial charge >= 0.3 is 5.97 Å². The van der Waals surface area contributed by atoms with Crippen LogP contribution in [0.5, 0.6) is 0 Å². The number of benzene rings is 1. The van der Waals surface area contributed by atoms with E-state index in [1.54, 1.807) is 3.96 Å². The number of fused-ring (bicyclic) bond motifs is 1. The second-order valence-corrected chi connectivity index (χ2v) is 6.38. The third-order valence-electron chi connectivity index (χ3n) is 3.03. The quantitative estimate of drug-likeness (QED) is 0.784. The lowest BCUT2D eigenvalue weighted by Crippen LogP contribution is -2.10. The maximum atomic E-state index is 12.3. The van der Waals surface area contributed by atoms with Crippen LogP contribution in [0.3, 0.4) is 0 Å². The van der Waals surface area contributed by atoms with Crippen molar-refractivity contribution in [3.8, 4) is 5.13 Å². The largest absolute Gasteiger partial charge is 0.481 e. The Kier molecular flexibility index (Phi) is 3.85. The van der Waals surface area contributed by atoms with Gasteiger partial charge in [-0.15, -0.1) is 11.3 Å². The molecule has 3 rings (SSSR count). The molecular formula is C14H12N2O3S2. The number of hydrogen-bond donors (Lipinski definition) is 1. The van der Waals surface area contributed by atoms with Gasteiger partial charge in [0.2, 0.25) is 5.13 Å². The SMILES string of the molecule is O=C(O)CCCc1csc(-n2sc3ccccc3c2=O)n1. The van der Waals surface area contributed by atoms with Crippen LogP contribution in [0.15, 0.2) is 34.4 Å². The second kappa shape index (κ2) is 5.79. The molecular weight excluding hydrogens is 308 g/mol. The van der Waals surface area contributed by atoms with Crippen LogP contribution < -0.4 is 5.56 Å². The second-order valence-electron chi connectivity index (χ2n) is 4.56. The molecule has 0 bridgehead atoms. The van der Waals surface area contributed by atoms with Gasteiger partial charge < -0.3 is 5.11 Å². The highest BCUT2D eigenvalue weighted by Gasteiger charge is 2.12. The predicted molar refractivity (Wildman–Crippen MR) is 83.7 cm³/mol. The smallest absolute Gasteiger partial charge is 0.303 e. The lowest BCUT2D eigenvalue weighted by molar-refractivity contribution is -0.137. The monoisotopic (exact) mass is 320 g/mol. The molecule has 2 heterocycles. The Morgan fingerprint density at radius 1 is 1.33 bits per heavy atom. The fourth-order valence-electron chi connectivity index (χ4n) is 2.02. The fourth-order valence-corrected chi connectivity index (χ4v) is 3.91. The molecule has 21 heavy (non-hydrogen) atoms. The Hall–Kier alpha value is -1.99. The Morgan fingerprint density at radius 3 is 2.90 bits per heavy atom. The van der Waals surface area contributed by atoms with Crippen LogP contribution in [0, 0.1) is 0 Å². The Balaban J connectivity index is 1.86. The average Bonchev–Trinajstić information content (AvgIpc) is 3.04. The molecule has 0 unspecified atom stereocenters. The van der Waals surface area contributed by atoms with Crippen LogP contribution in [0.4, 0.5) is 0 Å². The van der Waals surface area contributed by atoms with E-state index in [0.717, 1.165) is 10.4 Å². The van der Waals surface area contributed by atoms with Crippen LogP contribution in [0.25, 0.3) is 15.2 Å². The van der Waals surface area contributed by atoms with Crippen LogP contribution in [0.2, 0.25) is 0 Å². The van der Waals surface area contributed by atoms with E-state index in [2.05, 4.69) is 4.98 Å². The molecule has 5 nitrogen and oxygen atoms in total. The maximum absolute atomic E-state index is 12.3. The van der Waals surface area contributed by atoms with Gasteiger partial charge in [-0.05, 0) is 36.5 Å². The van der Waals surface area contributed by atoms with Gasteiger partial charge in [-0.25, -0.2) is 8.94 Å². The molecule has 1 N–H and O–H groups in total. The molecule has 0 spiro atoms. The van der Waals surface area contributed by atoms with Crippen molar-refractivity contribution in [3.63, 3.8) is 0 Å². The summed E-state index contributed by atoms with van der Waals surface area (Å²) >= 11 is 2.78. The fraction of sp³-hybridized carbons (Fsp3) is 0.214. The van der Waals surface area contributed by atoms with E-state index in [1.165, 1.54) is 22.9 Å². The van der Waals surface area contributed by atoms with Crippen LogP contribution >= 0.6 is 22.9 Å². The van der Waals surface area contributed by atoms with Crippen LogP contribution in [0.1, 0.15) is 18.5 Å². The first kappa shape index (κ1) is 14.0. The number of hydrogen-bond acceptors (Lipinski definition) is 5. The van der Waals surface area contributed by atoms with E-state index in [-0.39, 0.29) is 12.0 Å². The van der Waals surface area contributed by atoms with Crippen molar-refractivity contribution < 1.29 is 9.90 Å². The molecule has 2 aromatic heterocycles. The summed E-state index contributed by atoms with van der Waals surface area (Å²) in [4.78, 5) is 27.2. The summed E-state index contributed by atoms with van der Waals surface area (Å²) in [5.74, 6) is -0.800. The predicted octanol–water partition coefficient (Wildman–Crippen LogP) is 2.92. The molecule has 108 valence electrons. The van der Waals surface area contributed by atoms with Crippen LogP contribution in [-0.2, 0) is 11.2 Å². The molecule has 0 aliphatic rings. The standard InChI is InChI=1S/C14H12N2O3S2/c17-12(18)7-3-4-9-8-20-14(15-9)16-13(19)10-5-1-2-6-11(10)21-16/h1-2,5-6,8H,3-4,7H2,(H,17,18). The summed E-state index contributed by atoms with van der Waals surface area (Å²) in [5, 5.41) is 11.9. The van der Waals surface area contributed by atoms with Gasteiger partial charge in [-0.1, -0.05) is 12.1 Å². The van der Waals surface area contributed by atoms with Crippen molar-refractivity contribution in [2.45, 2.75) is 19.3 Å². The number of thiazole rings is 1. The summed E-state index contributed by atoms with van der Waals surface area (Å²) in [7, 11) is 0. The Morgan fingerprint density at radius 2 is 2.14 bits per heavy atom. The Bertz CT molecular complexity index is 847. The van der Waals surface area contributed by atoms with Gasteiger partial charge in [0.25, 0.3) is 5.56 Å². The minimum Gasteiger partial charge on any atom is -0.481 e. The normalized spacial score (nSPS) is 11.0. The van der Waals surface area contributed by atoms with Crippen LogP contribution in [-0.4, -0.2) is 20.0 Å². The summed E-state index contributed by atoms with van der Waals surface area (Å²) in [5.41, 5.74) is 0.780. The zero-order chi connectivity index (χ0) is 14.8. The number of carbonyl (C=O) groups is 1. The van der Waals surface area contributed by atoms with E-state index in [9.17, 15) is 9.59 Å². The minimum absolute atomic E-state index is 0.0537. The minimum atomic E-state index is -0.800. The first-order chi connectivity index (χ1) is 10.1. The molecule has 3 aromatic rings. The number of nitrogens with zero attached hydrogens (tertiary/aromatic N) is 2. The summed E-state index contributed by atoms with van der Waals surface area (Å²) in [6.07, 6.45) is 1.30. The summed E-state index contributed by atoms with van der Waals surface area (Å²) in [6.45, 7) is 0. The molecule has 0 aliphatic carbocycles. The molecule has 0 amide bonds. The van der Waals surface area contributed by atoms with Gasteiger partial charge in [0.15, 0.2) is 0 Å². The zero-order valence-electron chi connectivity index (χ0n) is 11.0. The van der Waals surface area contributed by atoms with Gasteiger partial charge in [-0.3, -0.25) is 9.59 Å². The topological polar surface area (TPSA) is 72.2 Å². The average molecular weight is 320 g/mol. The molecule has 0 aliphatic heterocycles. The van der Waals surface area contributed by atoms with Gasteiger partial charge in [0, 0.05) is 11.8 Å². The number of carboxylic acid groups (broad SMARTS) is 1. The molecule has 0 atom stereocenters. The first-order valence-electron chi connectivity index (χ1n) is 6.43. The lowest BCUT2D eigenvalue weighted by Gasteiger charge is -1.94. The number of aromatic nitrogens is 2. The zero-order valence-corrected chi connectivity index (χ0v) is 12.6.